The van der Waals surface area contributed by atoms with E-state index in [1.807, 2.05) is 27.7 Å². The van der Waals surface area contributed by atoms with E-state index in [2.05, 4.69) is 0 Å². The minimum absolute atomic E-state index is 0.234. The smallest absolute Gasteiger partial charge is 0.284 e. The van der Waals surface area contributed by atoms with Gasteiger partial charge in [0.05, 0.1) is 6.10 Å². The Bertz CT molecular complexity index is 450. The van der Waals surface area contributed by atoms with Gasteiger partial charge in [-0.15, -0.1) is 0 Å². The topological polar surface area (TPSA) is 97.7 Å². The molecule has 0 rings (SSSR count). The molecule has 1 atom stereocenters. The molecule has 19 heavy (non-hydrogen) atoms. The average molecular weight is 316 g/mol. The molecule has 0 aliphatic heterocycles. The molecule has 0 radical (unpaired) electrons. The van der Waals surface area contributed by atoms with Gasteiger partial charge in [0, 0.05) is 0 Å². The van der Waals surface area contributed by atoms with Gasteiger partial charge in [0.2, 0.25) is 5.08 Å². The lowest BCUT2D eigenvalue weighted by atomic mass is 9.99. The highest BCUT2D eigenvalue weighted by Crippen LogP contribution is 2.19. The number of hydrogen-bond acceptors (Lipinski definition) is 5. The first kappa shape index (κ1) is 18.8. The van der Waals surface area contributed by atoms with Crippen molar-refractivity contribution in [2.45, 2.75) is 53.1 Å². The Morgan fingerprint density at radius 3 is 1.84 bits per heavy atom. The van der Waals surface area contributed by atoms with Gasteiger partial charge in [-0.2, -0.15) is 16.8 Å². The summed E-state index contributed by atoms with van der Waals surface area (Å²) in [4.78, 5) is 0. The van der Waals surface area contributed by atoms with Crippen LogP contribution in [-0.4, -0.2) is 32.6 Å². The Hall–Kier alpha value is -0.180. The lowest BCUT2D eigenvalue weighted by Gasteiger charge is -2.19. The highest BCUT2D eigenvalue weighted by molar-refractivity contribution is 8.03. The molecular weight excluding hydrogens is 292 g/mol. The fraction of sp³-hybridized carbons (Fsp3) is 1.00. The molecule has 0 aliphatic rings. The average Bonchev–Trinajstić information content (AvgIpc) is 2.08. The van der Waals surface area contributed by atoms with Crippen molar-refractivity contribution in [3.05, 3.63) is 0 Å². The predicted octanol–water partition coefficient (Wildman–Crippen LogP) is 2.03. The molecule has 0 aromatic carbocycles. The molecule has 116 valence electrons. The van der Waals surface area contributed by atoms with Crippen LogP contribution in [0.1, 0.15) is 47.0 Å². The maximum atomic E-state index is 11.5. The third-order valence-electron chi connectivity index (χ3n) is 2.38. The van der Waals surface area contributed by atoms with Gasteiger partial charge in [-0.1, -0.05) is 27.7 Å². The molecule has 0 spiro atoms. The summed E-state index contributed by atoms with van der Waals surface area (Å²) in [5.41, 5.74) is 0. The zero-order valence-corrected chi connectivity index (χ0v) is 13.5. The van der Waals surface area contributed by atoms with Crippen LogP contribution >= 0.6 is 0 Å². The van der Waals surface area contributed by atoms with E-state index >= 15 is 0 Å². The third kappa shape index (κ3) is 11.4. The van der Waals surface area contributed by atoms with Gasteiger partial charge in [-0.25, -0.2) is 0 Å². The van der Waals surface area contributed by atoms with Crippen LogP contribution < -0.4 is 0 Å². The van der Waals surface area contributed by atoms with Gasteiger partial charge in [-0.05, 0) is 31.1 Å². The minimum Gasteiger partial charge on any atom is -0.285 e. The van der Waals surface area contributed by atoms with Crippen molar-refractivity contribution < 1.29 is 25.6 Å². The second-order valence-corrected chi connectivity index (χ2v) is 8.99. The summed E-state index contributed by atoms with van der Waals surface area (Å²) in [5.74, 6) is 0.639. The number of rotatable bonds is 9. The Morgan fingerprint density at radius 2 is 1.47 bits per heavy atom. The first-order valence-electron chi connectivity index (χ1n) is 6.27. The van der Waals surface area contributed by atoms with E-state index in [1.54, 1.807) is 0 Å². The standard InChI is InChI=1S/C11H24O6S2/c1-9(2)5-6-11(7-10(3)4)17-19(15,16)8-18(12,13)14/h9-11H,5-8H2,1-4H3,(H,12,13,14). The molecule has 1 unspecified atom stereocenters. The molecule has 0 amide bonds. The molecule has 0 aromatic rings. The maximum Gasteiger partial charge on any atom is 0.284 e. The van der Waals surface area contributed by atoms with Crippen molar-refractivity contribution in [3.8, 4) is 0 Å². The molecule has 0 aromatic heterocycles. The quantitative estimate of drug-likeness (QED) is 0.516. The molecule has 0 saturated heterocycles. The van der Waals surface area contributed by atoms with Crippen LogP contribution in [-0.2, 0) is 24.4 Å². The van der Waals surface area contributed by atoms with Crippen molar-refractivity contribution >= 4 is 20.2 Å². The van der Waals surface area contributed by atoms with Gasteiger partial charge in [0.25, 0.3) is 20.2 Å². The Balaban J connectivity index is 4.70. The lowest BCUT2D eigenvalue weighted by molar-refractivity contribution is 0.165. The second kappa shape index (κ2) is 7.56. The fourth-order valence-electron chi connectivity index (χ4n) is 1.67. The van der Waals surface area contributed by atoms with Gasteiger partial charge in [0.1, 0.15) is 0 Å². The van der Waals surface area contributed by atoms with Crippen LogP contribution in [0.2, 0.25) is 0 Å². The second-order valence-electron chi connectivity index (χ2n) is 5.58. The molecule has 6 nitrogen and oxygen atoms in total. The Morgan fingerprint density at radius 1 is 0.947 bits per heavy atom. The monoisotopic (exact) mass is 316 g/mol. The molecule has 0 saturated carbocycles. The van der Waals surface area contributed by atoms with Crippen LogP contribution in [0, 0.1) is 11.8 Å². The molecule has 1 N–H and O–H groups in total. The SMILES string of the molecule is CC(C)CCC(CC(C)C)OS(=O)(=O)CS(=O)(=O)O. The normalized spacial score (nSPS) is 15.1. The highest BCUT2D eigenvalue weighted by Gasteiger charge is 2.25. The van der Waals surface area contributed by atoms with Crippen LogP contribution in [0.25, 0.3) is 0 Å². The Labute approximate surface area is 116 Å². The molecule has 8 heteroatoms. The molecule has 0 heterocycles. The van der Waals surface area contributed by atoms with E-state index in [0.717, 1.165) is 6.42 Å². The first-order valence-corrected chi connectivity index (χ1v) is 9.46. The summed E-state index contributed by atoms with van der Waals surface area (Å²) < 4.78 is 57.8. The van der Waals surface area contributed by atoms with Gasteiger partial charge >= 0.3 is 0 Å². The Kier molecular flexibility index (Phi) is 7.49. The van der Waals surface area contributed by atoms with E-state index in [4.69, 9.17) is 8.74 Å². The van der Waals surface area contributed by atoms with Crippen LogP contribution in [0.15, 0.2) is 0 Å². The molecular formula is C11H24O6S2. The largest absolute Gasteiger partial charge is 0.285 e. The van der Waals surface area contributed by atoms with Gasteiger partial charge in [-0.3, -0.25) is 8.74 Å². The summed E-state index contributed by atoms with van der Waals surface area (Å²) in [6.45, 7) is 7.89. The minimum atomic E-state index is -4.60. The van der Waals surface area contributed by atoms with Gasteiger partial charge < -0.3 is 0 Å². The lowest BCUT2D eigenvalue weighted by Crippen LogP contribution is -2.25. The van der Waals surface area contributed by atoms with E-state index in [9.17, 15) is 16.8 Å². The fourth-order valence-corrected chi connectivity index (χ4v) is 3.94. The van der Waals surface area contributed by atoms with Crippen LogP contribution in [0.5, 0.6) is 0 Å². The zero-order valence-electron chi connectivity index (χ0n) is 11.9. The van der Waals surface area contributed by atoms with Gasteiger partial charge in [0.15, 0.2) is 0 Å². The van der Waals surface area contributed by atoms with Crippen molar-refractivity contribution in [1.82, 2.24) is 0 Å². The van der Waals surface area contributed by atoms with Crippen molar-refractivity contribution in [3.63, 3.8) is 0 Å². The predicted molar refractivity (Wildman–Crippen MR) is 73.7 cm³/mol. The summed E-state index contributed by atoms with van der Waals surface area (Å²) in [6.07, 6.45) is 1.31. The van der Waals surface area contributed by atoms with E-state index < -0.39 is 31.4 Å². The van der Waals surface area contributed by atoms with Crippen molar-refractivity contribution in [1.29, 1.82) is 0 Å². The van der Waals surface area contributed by atoms with E-state index in [0.29, 0.717) is 18.8 Å². The number of hydrogen-bond donors (Lipinski definition) is 1. The van der Waals surface area contributed by atoms with E-state index in [-0.39, 0.29) is 5.92 Å². The summed E-state index contributed by atoms with van der Waals surface area (Å²) in [5, 5.41) is -1.39. The molecule has 0 aliphatic carbocycles. The first-order chi connectivity index (χ1) is 8.41. The van der Waals surface area contributed by atoms with Crippen LogP contribution in [0.3, 0.4) is 0 Å². The van der Waals surface area contributed by atoms with Crippen molar-refractivity contribution in [2.24, 2.45) is 11.8 Å². The third-order valence-corrected chi connectivity index (χ3v) is 5.29. The maximum absolute atomic E-state index is 11.5. The van der Waals surface area contributed by atoms with E-state index in [1.165, 1.54) is 0 Å². The zero-order chi connectivity index (χ0) is 15.3. The summed E-state index contributed by atoms with van der Waals surface area (Å²) >= 11 is 0. The molecule has 0 fully saturated rings. The molecule has 0 bridgehead atoms. The van der Waals surface area contributed by atoms with Crippen LogP contribution in [0.4, 0.5) is 0 Å². The van der Waals surface area contributed by atoms with Crippen molar-refractivity contribution in [2.75, 3.05) is 5.08 Å². The summed E-state index contributed by atoms with van der Waals surface area (Å²) in [6, 6.07) is 0. The highest BCUT2D eigenvalue weighted by atomic mass is 32.3. The summed E-state index contributed by atoms with van der Waals surface area (Å²) in [7, 11) is -8.87.